The fourth-order valence-electron chi connectivity index (χ4n) is 5.06. The van der Waals surface area contributed by atoms with E-state index in [1.807, 2.05) is 24.8 Å². The van der Waals surface area contributed by atoms with Crippen molar-refractivity contribution >= 4 is 5.91 Å². The Labute approximate surface area is 164 Å². The minimum absolute atomic E-state index is 0.0978. The van der Waals surface area contributed by atoms with Crippen LogP contribution < -0.4 is 0 Å². The Morgan fingerprint density at radius 3 is 2.93 bits per heavy atom. The molecule has 2 heterocycles. The van der Waals surface area contributed by atoms with Crippen LogP contribution in [0.1, 0.15) is 65.3 Å². The summed E-state index contributed by atoms with van der Waals surface area (Å²) in [7, 11) is 0. The molecule has 0 unspecified atom stereocenters. The Kier molecular flexibility index (Phi) is 4.00. The molecule has 6 heteroatoms. The zero-order valence-corrected chi connectivity index (χ0v) is 16.6. The van der Waals surface area contributed by atoms with E-state index in [0.29, 0.717) is 30.5 Å². The summed E-state index contributed by atoms with van der Waals surface area (Å²) in [6.45, 7) is 5.06. The van der Waals surface area contributed by atoms with Gasteiger partial charge in [0.25, 0.3) is 5.91 Å². The van der Waals surface area contributed by atoms with Gasteiger partial charge in [-0.15, -0.1) is 0 Å². The zero-order valence-electron chi connectivity index (χ0n) is 16.6. The van der Waals surface area contributed by atoms with Gasteiger partial charge in [0.2, 0.25) is 5.89 Å². The number of phenolic OH excluding ortho intramolecular Hbond substituents is 1. The summed E-state index contributed by atoms with van der Waals surface area (Å²) < 4.78 is 5.73. The highest BCUT2D eigenvalue weighted by atomic mass is 16.5. The highest BCUT2D eigenvalue weighted by molar-refractivity contribution is 5.97. The van der Waals surface area contributed by atoms with Gasteiger partial charge in [0.1, 0.15) is 5.75 Å². The molecular formula is C22H27N3O3. The number of likely N-dealkylation sites (tertiary alicyclic amines) is 1. The first-order chi connectivity index (χ1) is 13.5. The van der Waals surface area contributed by atoms with Gasteiger partial charge in [0, 0.05) is 19.5 Å². The van der Waals surface area contributed by atoms with E-state index in [1.165, 1.54) is 12.8 Å². The molecular weight excluding hydrogens is 354 g/mol. The minimum atomic E-state index is -0.222. The van der Waals surface area contributed by atoms with Crippen LogP contribution in [-0.4, -0.2) is 39.1 Å². The largest absolute Gasteiger partial charge is 0.507 e. The number of nitrogens with zero attached hydrogens (tertiary/aromatic N) is 3. The maximum absolute atomic E-state index is 13.2. The van der Waals surface area contributed by atoms with Crippen molar-refractivity contribution in [3.05, 3.63) is 40.5 Å². The van der Waals surface area contributed by atoms with Crippen LogP contribution in [0.25, 0.3) is 0 Å². The number of benzene rings is 1. The second kappa shape index (κ2) is 6.33. The average molecular weight is 381 g/mol. The van der Waals surface area contributed by atoms with E-state index in [-0.39, 0.29) is 17.1 Å². The minimum Gasteiger partial charge on any atom is -0.507 e. The van der Waals surface area contributed by atoms with Gasteiger partial charge in [-0.1, -0.05) is 17.6 Å². The number of rotatable bonds is 4. The monoisotopic (exact) mass is 381 g/mol. The molecule has 0 radical (unpaired) electrons. The van der Waals surface area contributed by atoms with Crippen molar-refractivity contribution in [1.82, 2.24) is 15.0 Å². The summed E-state index contributed by atoms with van der Waals surface area (Å²) in [4.78, 5) is 19.8. The van der Waals surface area contributed by atoms with E-state index in [4.69, 9.17) is 9.51 Å². The fourth-order valence-corrected chi connectivity index (χ4v) is 5.06. The summed E-state index contributed by atoms with van der Waals surface area (Å²) in [5.74, 6) is 2.59. The molecule has 1 aliphatic heterocycles. The van der Waals surface area contributed by atoms with E-state index >= 15 is 0 Å². The number of carbonyl (C=O) groups is 1. The van der Waals surface area contributed by atoms with Gasteiger partial charge in [-0.3, -0.25) is 4.79 Å². The van der Waals surface area contributed by atoms with Crippen LogP contribution in [-0.2, 0) is 11.8 Å². The van der Waals surface area contributed by atoms with Crippen molar-refractivity contribution in [2.45, 2.75) is 57.8 Å². The Hall–Kier alpha value is -2.37. The van der Waals surface area contributed by atoms with E-state index in [2.05, 4.69) is 5.16 Å². The Balaban J connectivity index is 1.41. The van der Waals surface area contributed by atoms with Crippen LogP contribution in [0.3, 0.4) is 0 Å². The van der Waals surface area contributed by atoms with Gasteiger partial charge in [-0.25, -0.2) is 0 Å². The number of hydrogen-bond acceptors (Lipinski definition) is 5. The maximum Gasteiger partial charge on any atom is 0.257 e. The van der Waals surface area contributed by atoms with Crippen molar-refractivity contribution < 1.29 is 14.4 Å². The molecule has 2 aromatic rings. The van der Waals surface area contributed by atoms with E-state index in [1.54, 1.807) is 6.07 Å². The van der Waals surface area contributed by atoms with Gasteiger partial charge in [-0.05, 0) is 68.6 Å². The summed E-state index contributed by atoms with van der Waals surface area (Å²) in [5, 5.41) is 14.7. The highest BCUT2D eigenvalue weighted by Crippen LogP contribution is 2.50. The standard InChI is InChI=1S/C22H27N3O3/c1-13-5-8-17(19(26)14(13)2)20(27)25-11-16-4-3-9-22(16,12-25)21-23-18(24-28-21)10-15-6-7-15/h5,8,15-16,26H,3-4,6-7,9-12H2,1-2H3/t16-,22-/m1/s1. The van der Waals surface area contributed by atoms with Crippen LogP contribution in [0.2, 0.25) is 0 Å². The first kappa shape index (κ1) is 17.7. The summed E-state index contributed by atoms with van der Waals surface area (Å²) in [6.07, 6.45) is 6.61. The van der Waals surface area contributed by atoms with Gasteiger partial charge in [-0.2, -0.15) is 4.98 Å². The Morgan fingerprint density at radius 2 is 2.14 bits per heavy atom. The summed E-state index contributed by atoms with van der Waals surface area (Å²) in [6, 6.07) is 3.64. The maximum atomic E-state index is 13.2. The molecule has 1 N–H and O–H groups in total. The lowest BCUT2D eigenvalue weighted by atomic mass is 9.80. The smallest absolute Gasteiger partial charge is 0.257 e. The van der Waals surface area contributed by atoms with Gasteiger partial charge >= 0.3 is 0 Å². The van der Waals surface area contributed by atoms with Crippen LogP contribution in [0.15, 0.2) is 16.7 Å². The fraction of sp³-hybridized carbons (Fsp3) is 0.591. The third-order valence-electron chi connectivity index (χ3n) is 7.15. The zero-order chi connectivity index (χ0) is 19.5. The van der Waals surface area contributed by atoms with Crippen LogP contribution >= 0.6 is 0 Å². The number of hydrogen-bond donors (Lipinski definition) is 1. The van der Waals surface area contributed by atoms with Crippen molar-refractivity contribution in [2.75, 3.05) is 13.1 Å². The second-order valence-electron chi connectivity index (χ2n) is 9.00. The van der Waals surface area contributed by atoms with Crippen molar-refractivity contribution in [1.29, 1.82) is 0 Å². The molecule has 6 nitrogen and oxygen atoms in total. The number of aromatic nitrogens is 2. The Morgan fingerprint density at radius 1 is 1.32 bits per heavy atom. The number of aryl methyl sites for hydroxylation is 1. The topological polar surface area (TPSA) is 79.5 Å². The van der Waals surface area contributed by atoms with Crippen molar-refractivity contribution in [3.63, 3.8) is 0 Å². The second-order valence-corrected chi connectivity index (χ2v) is 9.00. The molecule has 5 rings (SSSR count). The quantitative estimate of drug-likeness (QED) is 0.876. The Bertz CT molecular complexity index is 933. The molecule has 148 valence electrons. The molecule has 2 atom stereocenters. The molecule has 0 bridgehead atoms. The van der Waals surface area contributed by atoms with E-state index in [9.17, 15) is 9.90 Å². The third-order valence-corrected chi connectivity index (χ3v) is 7.15. The van der Waals surface area contributed by atoms with Gasteiger partial charge in [0.05, 0.1) is 11.0 Å². The predicted octanol–water partition coefficient (Wildman–Crippen LogP) is 3.54. The predicted molar refractivity (Wildman–Crippen MR) is 103 cm³/mol. The number of aromatic hydroxyl groups is 1. The van der Waals surface area contributed by atoms with Crippen molar-refractivity contribution in [3.8, 4) is 5.75 Å². The average Bonchev–Trinajstić information content (AvgIpc) is 3.05. The first-order valence-corrected chi connectivity index (χ1v) is 10.4. The van der Waals surface area contributed by atoms with Crippen LogP contribution in [0.4, 0.5) is 0 Å². The lowest BCUT2D eigenvalue weighted by Gasteiger charge is -2.24. The van der Waals surface area contributed by atoms with Crippen molar-refractivity contribution in [2.24, 2.45) is 11.8 Å². The first-order valence-electron chi connectivity index (χ1n) is 10.4. The van der Waals surface area contributed by atoms with Gasteiger partial charge in [0.15, 0.2) is 5.82 Å². The lowest BCUT2D eigenvalue weighted by Crippen LogP contribution is -2.35. The SMILES string of the molecule is Cc1ccc(C(=O)N2C[C@H]3CCC[C@@]3(c3nc(CC4CC4)no3)C2)c(O)c1C. The number of phenols is 1. The van der Waals surface area contributed by atoms with E-state index in [0.717, 1.165) is 48.6 Å². The normalized spacial score (nSPS) is 26.6. The highest BCUT2D eigenvalue weighted by Gasteiger charge is 2.55. The molecule has 1 aromatic carbocycles. The lowest BCUT2D eigenvalue weighted by molar-refractivity contribution is 0.0772. The molecule has 2 aliphatic carbocycles. The van der Waals surface area contributed by atoms with Gasteiger partial charge < -0.3 is 14.5 Å². The summed E-state index contributed by atoms with van der Waals surface area (Å²) in [5.41, 5.74) is 1.91. The molecule has 1 saturated heterocycles. The number of fused-ring (bicyclic) bond motifs is 1. The molecule has 3 fully saturated rings. The summed E-state index contributed by atoms with van der Waals surface area (Å²) >= 11 is 0. The third kappa shape index (κ3) is 2.73. The van der Waals surface area contributed by atoms with Crippen LogP contribution in [0, 0.1) is 25.7 Å². The molecule has 3 aliphatic rings. The number of carbonyl (C=O) groups excluding carboxylic acids is 1. The van der Waals surface area contributed by atoms with Crippen LogP contribution in [0.5, 0.6) is 5.75 Å². The molecule has 1 amide bonds. The molecule has 0 spiro atoms. The molecule has 1 aromatic heterocycles. The molecule has 28 heavy (non-hydrogen) atoms. The molecule has 2 saturated carbocycles. The van der Waals surface area contributed by atoms with E-state index < -0.39 is 0 Å². The number of amides is 1.